The van der Waals surface area contributed by atoms with Gasteiger partial charge in [0.05, 0.1) is 14.2 Å². The molecule has 0 aliphatic heterocycles. The molecule has 0 saturated heterocycles. The average Bonchev–Trinajstić information content (AvgIpc) is 2.60. The first-order valence-electron chi connectivity index (χ1n) is 9.49. The van der Waals surface area contributed by atoms with Gasteiger partial charge in [0.25, 0.3) is 0 Å². The minimum atomic E-state index is -1.02. The normalized spacial score (nSPS) is 21.4. The maximum atomic E-state index is 11.8. The van der Waals surface area contributed by atoms with Gasteiger partial charge in [-0.1, -0.05) is 62.8 Å². The molecule has 4 heteroatoms. The molecule has 4 nitrogen and oxygen atoms in total. The number of ether oxygens (including phenoxy) is 2. The van der Waals surface area contributed by atoms with E-state index in [1.165, 1.54) is 26.2 Å². The smallest absolute Gasteiger partial charge is 0.324 e. The summed E-state index contributed by atoms with van der Waals surface area (Å²) in [6.07, 6.45) is 14.9. The van der Waals surface area contributed by atoms with E-state index < -0.39 is 17.9 Å². The number of hydrogen-bond donors (Lipinski definition) is 0. The Morgan fingerprint density at radius 2 is 1.78 bits per heavy atom. The van der Waals surface area contributed by atoms with Crippen LogP contribution in [0.3, 0.4) is 0 Å². The number of carbonyl (C=O) groups is 2. The number of esters is 2. The highest BCUT2D eigenvalue weighted by molar-refractivity contribution is 5.98. The van der Waals surface area contributed by atoms with E-state index in [1.54, 1.807) is 13.0 Å². The lowest BCUT2D eigenvalue weighted by Gasteiger charge is -2.36. The van der Waals surface area contributed by atoms with Crippen LogP contribution in [0, 0.1) is 23.2 Å². The van der Waals surface area contributed by atoms with Crippen LogP contribution in [0.25, 0.3) is 0 Å². The summed E-state index contributed by atoms with van der Waals surface area (Å²) < 4.78 is 9.40. The number of rotatable bonds is 7. The fourth-order valence-corrected chi connectivity index (χ4v) is 3.52. The quantitative estimate of drug-likeness (QED) is 0.271. The molecule has 0 bridgehead atoms. The predicted octanol–water partition coefficient (Wildman–Crippen LogP) is 5.03. The highest BCUT2D eigenvalue weighted by Gasteiger charge is 2.31. The molecule has 0 amide bonds. The Labute approximate surface area is 164 Å². The second-order valence-electron chi connectivity index (χ2n) is 7.97. The van der Waals surface area contributed by atoms with Gasteiger partial charge >= 0.3 is 11.9 Å². The molecule has 1 rings (SSSR count). The van der Waals surface area contributed by atoms with Crippen molar-refractivity contribution in [2.24, 2.45) is 23.2 Å². The van der Waals surface area contributed by atoms with Gasteiger partial charge in [0.1, 0.15) is 0 Å². The maximum absolute atomic E-state index is 11.8. The topological polar surface area (TPSA) is 52.6 Å². The molecule has 0 N–H and O–H groups in total. The third-order valence-corrected chi connectivity index (χ3v) is 5.30. The highest BCUT2D eigenvalue weighted by atomic mass is 16.5. The van der Waals surface area contributed by atoms with Gasteiger partial charge in [-0.05, 0) is 43.6 Å². The van der Waals surface area contributed by atoms with Crippen LogP contribution < -0.4 is 0 Å². The molecule has 2 unspecified atom stereocenters. The van der Waals surface area contributed by atoms with Crippen molar-refractivity contribution in [2.45, 2.75) is 47.5 Å². The molecule has 0 saturated carbocycles. The summed E-state index contributed by atoms with van der Waals surface area (Å²) in [7, 11) is 2.52. The molecular formula is C23H34O4. The first-order chi connectivity index (χ1) is 12.6. The Kier molecular flexibility index (Phi) is 8.74. The van der Waals surface area contributed by atoms with Crippen LogP contribution in [0.15, 0.2) is 47.6 Å². The molecule has 150 valence electrons. The zero-order valence-corrected chi connectivity index (χ0v) is 17.7. The SMILES string of the molecule is COC(=O)C(C(=O)OC)/C(C)=C/C=C/C(C)/C=C/C1C(C)=CCCC1(C)C. The van der Waals surface area contributed by atoms with E-state index in [0.29, 0.717) is 11.5 Å². The summed E-state index contributed by atoms with van der Waals surface area (Å²) >= 11 is 0. The molecule has 0 fully saturated rings. The summed E-state index contributed by atoms with van der Waals surface area (Å²) in [5.41, 5.74) is 2.31. The lowest BCUT2D eigenvalue weighted by atomic mass is 9.68. The van der Waals surface area contributed by atoms with Crippen molar-refractivity contribution in [3.8, 4) is 0 Å². The van der Waals surface area contributed by atoms with Gasteiger partial charge in [-0.2, -0.15) is 0 Å². The summed E-state index contributed by atoms with van der Waals surface area (Å²) in [5.74, 6) is -1.54. The second kappa shape index (κ2) is 10.3. The predicted molar refractivity (Wildman–Crippen MR) is 109 cm³/mol. The Hall–Kier alpha value is -2.10. The Bertz CT molecular complexity index is 633. The molecule has 0 aromatic heterocycles. The Morgan fingerprint density at radius 3 is 2.30 bits per heavy atom. The zero-order chi connectivity index (χ0) is 20.6. The summed E-state index contributed by atoms with van der Waals surface area (Å²) in [6.45, 7) is 10.7. The molecule has 0 heterocycles. The highest BCUT2D eigenvalue weighted by Crippen LogP contribution is 2.41. The lowest BCUT2D eigenvalue weighted by molar-refractivity contribution is -0.156. The van der Waals surface area contributed by atoms with Gasteiger partial charge in [-0.3, -0.25) is 9.59 Å². The van der Waals surface area contributed by atoms with Crippen molar-refractivity contribution in [2.75, 3.05) is 14.2 Å². The standard InChI is InChI=1S/C23H34O4/c1-16(13-14-19-17(2)12-9-15-23(19,4)5)10-8-11-18(3)20(21(24)26-6)22(25)27-7/h8,10-14,16,19-20H,9,15H2,1-7H3/b10-8+,14-13+,18-11+. The largest absolute Gasteiger partial charge is 0.468 e. The van der Waals surface area contributed by atoms with E-state index in [0.717, 1.165) is 6.42 Å². The molecular weight excluding hydrogens is 340 g/mol. The van der Waals surface area contributed by atoms with Gasteiger partial charge in [-0.15, -0.1) is 0 Å². The van der Waals surface area contributed by atoms with E-state index in [2.05, 4.69) is 45.9 Å². The summed E-state index contributed by atoms with van der Waals surface area (Å²) in [4.78, 5) is 23.6. The van der Waals surface area contributed by atoms with Crippen molar-refractivity contribution >= 4 is 11.9 Å². The lowest BCUT2D eigenvalue weighted by Crippen LogP contribution is -2.27. The molecule has 1 aliphatic carbocycles. The maximum Gasteiger partial charge on any atom is 0.324 e. The second-order valence-corrected chi connectivity index (χ2v) is 7.97. The number of carbonyl (C=O) groups excluding carboxylic acids is 2. The van der Waals surface area contributed by atoms with E-state index in [9.17, 15) is 9.59 Å². The minimum Gasteiger partial charge on any atom is -0.468 e. The minimum absolute atomic E-state index is 0.245. The fraction of sp³-hybridized carbons (Fsp3) is 0.565. The third kappa shape index (κ3) is 6.53. The van der Waals surface area contributed by atoms with E-state index in [4.69, 9.17) is 9.47 Å². The monoisotopic (exact) mass is 374 g/mol. The summed E-state index contributed by atoms with van der Waals surface area (Å²) in [6, 6.07) is 0. The molecule has 1 aliphatic rings. The molecule has 0 aromatic rings. The van der Waals surface area contributed by atoms with Crippen molar-refractivity contribution in [3.63, 3.8) is 0 Å². The van der Waals surface area contributed by atoms with Gasteiger partial charge in [0.15, 0.2) is 5.92 Å². The molecule has 27 heavy (non-hydrogen) atoms. The van der Waals surface area contributed by atoms with Crippen LogP contribution >= 0.6 is 0 Å². The molecule has 0 spiro atoms. The summed E-state index contributed by atoms with van der Waals surface area (Å²) in [5, 5.41) is 0. The van der Waals surface area contributed by atoms with E-state index in [-0.39, 0.29) is 11.3 Å². The third-order valence-electron chi connectivity index (χ3n) is 5.30. The van der Waals surface area contributed by atoms with Crippen molar-refractivity contribution in [3.05, 3.63) is 47.6 Å². The van der Waals surface area contributed by atoms with Crippen molar-refractivity contribution in [1.82, 2.24) is 0 Å². The van der Waals surface area contributed by atoms with Gasteiger partial charge in [-0.25, -0.2) is 0 Å². The number of allylic oxidation sites excluding steroid dienone is 7. The Morgan fingerprint density at radius 1 is 1.19 bits per heavy atom. The Balaban J connectivity index is 2.81. The van der Waals surface area contributed by atoms with Crippen LogP contribution in [0.2, 0.25) is 0 Å². The van der Waals surface area contributed by atoms with E-state index in [1.807, 2.05) is 12.2 Å². The fourth-order valence-electron chi connectivity index (χ4n) is 3.52. The van der Waals surface area contributed by atoms with Crippen molar-refractivity contribution < 1.29 is 19.1 Å². The molecule has 2 atom stereocenters. The molecule has 0 aromatic carbocycles. The zero-order valence-electron chi connectivity index (χ0n) is 17.7. The van der Waals surface area contributed by atoms with Gasteiger partial charge in [0, 0.05) is 5.92 Å². The first kappa shape index (κ1) is 22.9. The van der Waals surface area contributed by atoms with Crippen LogP contribution in [0.1, 0.15) is 47.5 Å². The van der Waals surface area contributed by atoms with Gasteiger partial charge < -0.3 is 9.47 Å². The average molecular weight is 375 g/mol. The van der Waals surface area contributed by atoms with E-state index >= 15 is 0 Å². The number of hydrogen-bond acceptors (Lipinski definition) is 4. The van der Waals surface area contributed by atoms with Crippen LogP contribution in [0.5, 0.6) is 0 Å². The van der Waals surface area contributed by atoms with Crippen LogP contribution in [0.4, 0.5) is 0 Å². The van der Waals surface area contributed by atoms with Crippen LogP contribution in [-0.2, 0) is 19.1 Å². The van der Waals surface area contributed by atoms with Gasteiger partial charge in [0.2, 0.25) is 0 Å². The van der Waals surface area contributed by atoms with Crippen LogP contribution in [-0.4, -0.2) is 26.2 Å². The number of methoxy groups -OCH3 is 2. The molecule has 0 radical (unpaired) electrons. The first-order valence-corrected chi connectivity index (χ1v) is 9.49. The van der Waals surface area contributed by atoms with Crippen molar-refractivity contribution in [1.29, 1.82) is 0 Å².